The highest BCUT2D eigenvalue weighted by atomic mass is 35.5. The van der Waals surface area contributed by atoms with Gasteiger partial charge in [-0.25, -0.2) is 0 Å². The molecule has 17 heavy (non-hydrogen) atoms. The first kappa shape index (κ1) is 13.0. The molecule has 1 fully saturated rings. The first-order valence-electron chi connectivity index (χ1n) is 6.23. The molecule has 3 heteroatoms. The fourth-order valence-electron chi connectivity index (χ4n) is 2.68. The maximum Gasteiger partial charge on any atom is 0.0494 e. The Morgan fingerprint density at radius 3 is 2.76 bits per heavy atom. The molecule has 0 amide bonds. The molecule has 1 heterocycles. The second-order valence-corrected chi connectivity index (χ2v) is 5.78. The second kappa shape index (κ2) is 5.49. The van der Waals surface area contributed by atoms with Gasteiger partial charge in [-0.3, -0.25) is 0 Å². The third-order valence-electron chi connectivity index (χ3n) is 3.64. The Morgan fingerprint density at radius 1 is 1.35 bits per heavy atom. The van der Waals surface area contributed by atoms with E-state index in [4.69, 9.17) is 23.2 Å². The molecule has 0 aliphatic carbocycles. The average molecular weight is 272 g/mol. The Labute approximate surface area is 114 Å². The monoisotopic (exact) mass is 271 g/mol. The van der Waals surface area contributed by atoms with E-state index in [1.165, 1.54) is 24.1 Å². The summed E-state index contributed by atoms with van der Waals surface area (Å²) in [4.78, 5) is 2.45. The van der Waals surface area contributed by atoms with Gasteiger partial charge in [-0.05, 0) is 43.4 Å². The van der Waals surface area contributed by atoms with Crippen LogP contribution in [-0.4, -0.2) is 12.6 Å². The summed E-state index contributed by atoms with van der Waals surface area (Å²) in [7, 11) is 0. The van der Waals surface area contributed by atoms with E-state index in [0.29, 0.717) is 11.9 Å². The van der Waals surface area contributed by atoms with Crippen molar-refractivity contribution in [2.45, 2.75) is 38.6 Å². The summed E-state index contributed by atoms with van der Waals surface area (Å²) in [5.74, 6) is 1.37. The number of hydrogen-bond acceptors (Lipinski definition) is 1. The molecule has 0 saturated carbocycles. The van der Waals surface area contributed by atoms with Crippen molar-refractivity contribution in [1.29, 1.82) is 0 Å². The smallest absolute Gasteiger partial charge is 0.0494 e. The van der Waals surface area contributed by atoms with Crippen molar-refractivity contribution in [3.63, 3.8) is 0 Å². The molecule has 2 unspecified atom stereocenters. The van der Waals surface area contributed by atoms with Crippen LogP contribution in [0.25, 0.3) is 0 Å². The number of halogens is 2. The Balaban J connectivity index is 2.29. The lowest BCUT2D eigenvalue weighted by atomic mass is 9.92. The van der Waals surface area contributed by atoms with Crippen LogP contribution in [0.4, 0.5) is 5.69 Å². The Hall–Kier alpha value is -0.400. The molecular formula is C14H19Cl2N. The lowest BCUT2D eigenvalue weighted by Crippen LogP contribution is -2.40. The maximum absolute atomic E-state index is 6.10. The fourth-order valence-corrected chi connectivity index (χ4v) is 3.07. The van der Waals surface area contributed by atoms with Gasteiger partial charge in [-0.15, -0.1) is 11.6 Å². The SMILES string of the molecule is CC1CCN(c2cc(Cl)ccc2CCl)C(C)C1. The summed E-state index contributed by atoms with van der Waals surface area (Å²) in [5.41, 5.74) is 2.39. The standard InChI is InChI=1S/C14H19Cl2N/c1-10-5-6-17(11(2)7-10)14-8-13(16)4-3-12(14)9-15/h3-4,8,10-11H,5-7,9H2,1-2H3. The van der Waals surface area contributed by atoms with Gasteiger partial charge in [-0.1, -0.05) is 24.6 Å². The summed E-state index contributed by atoms with van der Waals surface area (Å²) in [6.45, 7) is 5.72. The summed E-state index contributed by atoms with van der Waals surface area (Å²) < 4.78 is 0. The van der Waals surface area contributed by atoms with Gasteiger partial charge in [0.25, 0.3) is 0 Å². The molecule has 0 bridgehead atoms. The van der Waals surface area contributed by atoms with Gasteiger partial charge in [0.15, 0.2) is 0 Å². The maximum atomic E-state index is 6.10. The number of anilines is 1. The quantitative estimate of drug-likeness (QED) is 0.705. The number of piperidine rings is 1. The highest BCUT2D eigenvalue weighted by Crippen LogP contribution is 2.32. The number of hydrogen-bond donors (Lipinski definition) is 0. The topological polar surface area (TPSA) is 3.24 Å². The summed E-state index contributed by atoms with van der Waals surface area (Å²) in [5, 5.41) is 0.791. The molecule has 0 aromatic heterocycles. The first-order valence-corrected chi connectivity index (χ1v) is 7.14. The molecule has 0 spiro atoms. The van der Waals surface area contributed by atoms with Crippen LogP contribution >= 0.6 is 23.2 Å². The zero-order valence-corrected chi connectivity index (χ0v) is 11.9. The predicted molar refractivity (Wildman–Crippen MR) is 76.2 cm³/mol. The van der Waals surface area contributed by atoms with E-state index < -0.39 is 0 Å². The van der Waals surface area contributed by atoms with Crippen molar-refractivity contribution in [2.24, 2.45) is 5.92 Å². The van der Waals surface area contributed by atoms with E-state index >= 15 is 0 Å². The van der Waals surface area contributed by atoms with E-state index in [0.717, 1.165) is 17.5 Å². The minimum atomic E-state index is 0.547. The lowest BCUT2D eigenvalue weighted by Gasteiger charge is -2.39. The molecule has 0 radical (unpaired) electrons. The van der Waals surface area contributed by atoms with E-state index in [9.17, 15) is 0 Å². The molecule has 1 aliphatic rings. The number of nitrogens with zero attached hydrogens (tertiary/aromatic N) is 1. The van der Waals surface area contributed by atoms with E-state index in [-0.39, 0.29) is 0 Å². The van der Waals surface area contributed by atoms with Crippen LogP contribution < -0.4 is 4.90 Å². The van der Waals surface area contributed by atoms with Crippen LogP contribution in [-0.2, 0) is 5.88 Å². The summed E-state index contributed by atoms with van der Waals surface area (Å²) in [6, 6.07) is 6.57. The third kappa shape index (κ3) is 2.89. The Kier molecular flexibility index (Phi) is 4.22. The van der Waals surface area contributed by atoms with Crippen LogP contribution in [0.1, 0.15) is 32.3 Å². The normalized spacial score (nSPS) is 25.1. The lowest BCUT2D eigenvalue weighted by molar-refractivity contribution is 0.377. The van der Waals surface area contributed by atoms with Gasteiger partial charge < -0.3 is 4.90 Å². The van der Waals surface area contributed by atoms with Crippen LogP contribution in [0, 0.1) is 5.92 Å². The minimum Gasteiger partial charge on any atom is -0.369 e. The zero-order valence-electron chi connectivity index (χ0n) is 10.4. The number of rotatable bonds is 2. The molecule has 94 valence electrons. The molecule has 1 aliphatic heterocycles. The average Bonchev–Trinajstić information content (AvgIpc) is 2.29. The van der Waals surface area contributed by atoms with Crippen LogP contribution in [0.2, 0.25) is 5.02 Å². The summed E-state index contributed by atoms with van der Waals surface area (Å²) >= 11 is 12.1. The van der Waals surface area contributed by atoms with Crippen molar-refractivity contribution in [1.82, 2.24) is 0 Å². The second-order valence-electron chi connectivity index (χ2n) is 5.08. The van der Waals surface area contributed by atoms with Crippen molar-refractivity contribution in [2.75, 3.05) is 11.4 Å². The number of benzene rings is 1. The third-order valence-corrected chi connectivity index (χ3v) is 4.16. The highest BCUT2D eigenvalue weighted by molar-refractivity contribution is 6.31. The molecule has 2 atom stereocenters. The highest BCUT2D eigenvalue weighted by Gasteiger charge is 2.24. The Bertz CT molecular complexity index is 392. The van der Waals surface area contributed by atoms with Crippen LogP contribution in [0.15, 0.2) is 18.2 Å². The molecule has 1 nitrogen and oxygen atoms in total. The first-order chi connectivity index (χ1) is 8.11. The van der Waals surface area contributed by atoms with E-state index in [1.54, 1.807) is 0 Å². The van der Waals surface area contributed by atoms with Gasteiger partial charge >= 0.3 is 0 Å². The minimum absolute atomic E-state index is 0.547. The summed E-state index contributed by atoms with van der Waals surface area (Å²) in [6.07, 6.45) is 2.49. The van der Waals surface area contributed by atoms with Crippen molar-refractivity contribution in [3.8, 4) is 0 Å². The fraction of sp³-hybridized carbons (Fsp3) is 0.571. The molecule has 1 aromatic carbocycles. The molecule has 0 N–H and O–H groups in total. The van der Waals surface area contributed by atoms with E-state index in [1.807, 2.05) is 18.2 Å². The zero-order chi connectivity index (χ0) is 12.4. The Morgan fingerprint density at radius 2 is 2.12 bits per heavy atom. The number of alkyl halides is 1. The van der Waals surface area contributed by atoms with Crippen LogP contribution in [0.5, 0.6) is 0 Å². The van der Waals surface area contributed by atoms with Gasteiger partial charge in [-0.2, -0.15) is 0 Å². The predicted octanol–water partition coefficient (Wildman–Crippen LogP) is 4.70. The van der Waals surface area contributed by atoms with Gasteiger partial charge in [0.2, 0.25) is 0 Å². The van der Waals surface area contributed by atoms with Crippen molar-refractivity contribution >= 4 is 28.9 Å². The van der Waals surface area contributed by atoms with Gasteiger partial charge in [0, 0.05) is 29.2 Å². The molecule has 1 aromatic rings. The molecular weight excluding hydrogens is 253 g/mol. The van der Waals surface area contributed by atoms with Crippen molar-refractivity contribution < 1.29 is 0 Å². The molecule has 2 rings (SSSR count). The van der Waals surface area contributed by atoms with Crippen molar-refractivity contribution in [3.05, 3.63) is 28.8 Å². The van der Waals surface area contributed by atoms with Gasteiger partial charge in [0.1, 0.15) is 0 Å². The molecule has 1 saturated heterocycles. The van der Waals surface area contributed by atoms with Gasteiger partial charge in [0.05, 0.1) is 0 Å². The van der Waals surface area contributed by atoms with E-state index in [2.05, 4.69) is 18.7 Å². The largest absolute Gasteiger partial charge is 0.369 e. The van der Waals surface area contributed by atoms with Crippen LogP contribution in [0.3, 0.4) is 0 Å².